The number of hydrogen-bond acceptors (Lipinski definition) is 6. The van der Waals surface area contributed by atoms with Crippen molar-refractivity contribution in [1.82, 2.24) is 9.62 Å². The van der Waals surface area contributed by atoms with Crippen LogP contribution in [0.4, 0.5) is 0 Å². The van der Waals surface area contributed by atoms with Gasteiger partial charge in [0, 0.05) is 19.1 Å². The van der Waals surface area contributed by atoms with E-state index in [4.69, 9.17) is 0 Å². The number of ether oxygens (including phenoxy) is 1. The van der Waals surface area contributed by atoms with Gasteiger partial charge in [-0.1, -0.05) is 6.92 Å². The minimum Gasteiger partial charge on any atom is -0.465 e. The second-order valence-electron chi connectivity index (χ2n) is 4.87. The van der Waals surface area contributed by atoms with Crippen LogP contribution in [-0.4, -0.2) is 51.5 Å². The first kappa shape index (κ1) is 16.4. The molecule has 0 saturated carbocycles. The molecule has 8 heteroatoms. The second-order valence-corrected chi connectivity index (χ2v) is 7.64. The molecule has 1 unspecified atom stereocenters. The van der Waals surface area contributed by atoms with Crippen LogP contribution in [0, 0.1) is 0 Å². The van der Waals surface area contributed by atoms with Crippen LogP contribution in [0.2, 0.25) is 0 Å². The second kappa shape index (κ2) is 6.87. The Morgan fingerprint density at radius 1 is 1.57 bits per heavy atom. The fourth-order valence-corrected chi connectivity index (χ4v) is 5.53. The number of carbonyl (C=O) groups is 1. The van der Waals surface area contributed by atoms with Gasteiger partial charge in [-0.3, -0.25) is 0 Å². The highest BCUT2D eigenvalue weighted by Gasteiger charge is 2.35. The predicted molar refractivity (Wildman–Crippen MR) is 81.1 cm³/mol. The summed E-state index contributed by atoms with van der Waals surface area (Å²) in [4.78, 5) is 11.9. The highest BCUT2D eigenvalue weighted by atomic mass is 32.2. The molecule has 118 valence electrons. The maximum absolute atomic E-state index is 12.9. The van der Waals surface area contributed by atoms with Crippen molar-refractivity contribution in [3.05, 3.63) is 16.3 Å². The van der Waals surface area contributed by atoms with Crippen molar-refractivity contribution < 1.29 is 17.9 Å². The van der Waals surface area contributed by atoms with E-state index in [9.17, 15) is 13.2 Å². The van der Waals surface area contributed by atoms with Crippen LogP contribution >= 0.6 is 11.3 Å². The molecule has 1 aliphatic rings. The van der Waals surface area contributed by atoms with E-state index in [1.54, 1.807) is 5.38 Å². The van der Waals surface area contributed by atoms with E-state index in [1.807, 2.05) is 6.92 Å². The number of hydrogen-bond donors (Lipinski definition) is 1. The number of sulfonamides is 1. The maximum Gasteiger partial charge on any atom is 0.349 e. The summed E-state index contributed by atoms with van der Waals surface area (Å²) in [6.07, 6.45) is 1.52. The number of methoxy groups -OCH3 is 1. The van der Waals surface area contributed by atoms with Crippen LogP contribution in [0.1, 0.15) is 29.4 Å². The molecular formula is C13H20N2O4S2. The van der Waals surface area contributed by atoms with Crippen LogP contribution in [0.25, 0.3) is 0 Å². The van der Waals surface area contributed by atoms with E-state index in [0.29, 0.717) is 13.1 Å². The van der Waals surface area contributed by atoms with Crippen molar-refractivity contribution in [2.24, 2.45) is 0 Å². The van der Waals surface area contributed by atoms with Crippen LogP contribution in [0.3, 0.4) is 0 Å². The molecule has 1 atom stereocenters. The fraction of sp³-hybridized carbons (Fsp3) is 0.615. The molecule has 2 heterocycles. The average Bonchev–Trinajstić information content (AvgIpc) is 3.14. The summed E-state index contributed by atoms with van der Waals surface area (Å²) in [6.45, 7) is 3.86. The molecule has 6 nitrogen and oxygen atoms in total. The SMILES string of the molecule is CCCN(C1CCNC1)S(=O)(=O)c1ccsc1C(=O)OC. The molecule has 1 N–H and O–H groups in total. The lowest BCUT2D eigenvalue weighted by Crippen LogP contribution is -2.42. The standard InChI is InChI=1S/C13H20N2O4S2/c1-3-7-15(10-4-6-14-9-10)21(17,18)11-5-8-20-12(11)13(16)19-2/h5,8,10,14H,3-4,6-7,9H2,1-2H3. The molecule has 1 saturated heterocycles. The van der Waals surface area contributed by atoms with Crippen molar-refractivity contribution in [2.45, 2.75) is 30.7 Å². The van der Waals surface area contributed by atoms with Gasteiger partial charge in [0.2, 0.25) is 10.0 Å². The molecule has 1 aromatic heterocycles. The lowest BCUT2D eigenvalue weighted by atomic mass is 10.2. The Hall–Kier alpha value is -0.960. The Morgan fingerprint density at radius 2 is 2.33 bits per heavy atom. The molecule has 21 heavy (non-hydrogen) atoms. The van der Waals surface area contributed by atoms with E-state index in [1.165, 1.54) is 17.5 Å². The Labute approximate surface area is 129 Å². The molecule has 0 radical (unpaired) electrons. The molecule has 1 fully saturated rings. The van der Waals surface area contributed by atoms with Crippen LogP contribution in [0.15, 0.2) is 16.3 Å². The topological polar surface area (TPSA) is 75.7 Å². The van der Waals surface area contributed by atoms with Crippen molar-refractivity contribution in [1.29, 1.82) is 0 Å². The van der Waals surface area contributed by atoms with E-state index in [2.05, 4.69) is 10.1 Å². The summed E-state index contributed by atoms with van der Waals surface area (Å²) in [5.41, 5.74) is 0. The smallest absolute Gasteiger partial charge is 0.349 e. The third-order valence-electron chi connectivity index (χ3n) is 3.47. The average molecular weight is 332 g/mol. The molecule has 0 amide bonds. The van der Waals surface area contributed by atoms with Crippen molar-refractivity contribution >= 4 is 27.3 Å². The highest BCUT2D eigenvalue weighted by Crippen LogP contribution is 2.28. The lowest BCUT2D eigenvalue weighted by Gasteiger charge is -2.27. The van der Waals surface area contributed by atoms with E-state index < -0.39 is 16.0 Å². The molecular weight excluding hydrogens is 312 g/mol. The zero-order valence-corrected chi connectivity index (χ0v) is 13.8. The van der Waals surface area contributed by atoms with Gasteiger partial charge in [-0.25, -0.2) is 13.2 Å². The Morgan fingerprint density at radius 3 is 2.90 bits per heavy atom. The zero-order chi connectivity index (χ0) is 15.5. The number of nitrogens with one attached hydrogen (secondary N) is 1. The fourth-order valence-electron chi connectivity index (χ4n) is 2.47. The van der Waals surface area contributed by atoms with Crippen molar-refractivity contribution in [2.75, 3.05) is 26.7 Å². The summed E-state index contributed by atoms with van der Waals surface area (Å²) in [5, 5.41) is 4.79. The van der Waals surface area contributed by atoms with Gasteiger partial charge in [0.25, 0.3) is 0 Å². The molecule has 0 bridgehead atoms. The zero-order valence-electron chi connectivity index (χ0n) is 12.2. The molecule has 2 rings (SSSR count). The number of esters is 1. The third-order valence-corrected chi connectivity index (χ3v) is 6.49. The molecule has 0 aliphatic carbocycles. The van der Waals surface area contributed by atoms with E-state index >= 15 is 0 Å². The first-order valence-corrected chi connectivity index (χ1v) is 9.22. The number of carbonyl (C=O) groups excluding carboxylic acids is 1. The number of nitrogens with zero attached hydrogens (tertiary/aromatic N) is 1. The number of thiophene rings is 1. The molecule has 0 spiro atoms. The number of rotatable bonds is 6. The van der Waals surface area contributed by atoms with Gasteiger partial charge in [-0.15, -0.1) is 11.3 Å². The minimum atomic E-state index is -3.69. The molecule has 0 aromatic carbocycles. The largest absolute Gasteiger partial charge is 0.465 e. The van der Waals surface area contributed by atoms with Gasteiger partial charge < -0.3 is 10.1 Å². The predicted octanol–water partition coefficient (Wildman–Crippen LogP) is 1.30. The maximum atomic E-state index is 12.9. The monoisotopic (exact) mass is 332 g/mol. The first-order valence-electron chi connectivity index (χ1n) is 6.90. The summed E-state index contributed by atoms with van der Waals surface area (Å²) >= 11 is 1.09. The first-order chi connectivity index (χ1) is 10.0. The van der Waals surface area contributed by atoms with Gasteiger partial charge in [-0.05, 0) is 30.8 Å². The van der Waals surface area contributed by atoms with Crippen LogP contribution in [0.5, 0.6) is 0 Å². The Kier molecular flexibility index (Phi) is 5.37. The third kappa shape index (κ3) is 3.28. The van der Waals surface area contributed by atoms with Crippen molar-refractivity contribution in [3.8, 4) is 0 Å². The van der Waals surface area contributed by atoms with Gasteiger partial charge in [0.15, 0.2) is 0 Å². The normalized spacial score (nSPS) is 19.1. The summed E-state index contributed by atoms with van der Waals surface area (Å²) in [5.74, 6) is -0.607. The van der Waals surface area contributed by atoms with Crippen LogP contribution < -0.4 is 5.32 Å². The minimum absolute atomic E-state index is 0.0552. The lowest BCUT2D eigenvalue weighted by molar-refractivity contribution is 0.0602. The van der Waals surface area contributed by atoms with Gasteiger partial charge in [-0.2, -0.15) is 4.31 Å². The van der Waals surface area contributed by atoms with Crippen molar-refractivity contribution in [3.63, 3.8) is 0 Å². The van der Waals surface area contributed by atoms with Gasteiger partial charge in [0.1, 0.15) is 9.77 Å². The molecule has 1 aromatic rings. The Bertz CT molecular complexity index is 591. The summed E-state index contributed by atoms with van der Waals surface area (Å²) in [7, 11) is -2.43. The summed E-state index contributed by atoms with van der Waals surface area (Å²) in [6, 6.07) is 1.43. The van der Waals surface area contributed by atoms with E-state index in [-0.39, 0.29) is 15.8 Å². The van der Waals surface area contributed by atoms with Crippen LogP contribution in [-0.2, 0) is 14.8 Å². The Balaban J connectivity index is 2.38. The van der Waals surface area contributed by atoms with E-state index in [0.717, 1.165) is 30.7 Å². The quantitative estimate of drug-likeness (QED) is 0.795. The van der Waals surface area contributed by atoms with Gasteiger partial charge in [0.05, 0.1) is 7.11 Å². The highest BCUT2D eigenvalue weighted by molar-refractivity contribution is 7.89. The van der Waals surface area contributed by atoms with Gasteiger partial charge >= 0.3 is 5.97 Å². The summed E-state index contributed by atoms with van der Waals surface area (Å²) < 4.78 is 32.0. The molecule has 1 aliphatic heterocycles.